The first-order valence-electron chi connectivity index (χ1n) is 6.99. The smallest absolute Gasteiger partial charge is 0.243 e. The first-order valence-corrected chi connectivity index (χ1v) is 8.43. The van der Waals surface area contributed by atoms with Crippen LogP contribution >= 0.6 is 0 Å². The Morgan fingerprint density at radius 3 is 2.43 bits per heavy atom. The van der Waals surface area contributed by atoms with Gasteiger partial charge in [-0.1, -0.05) is 42.5 Å². The zero-order valence-corrected chi connectivity index (χ0v) is 12.5. The summed E-state index contributed by atoms with van der Waals surface area (Å²) in [4.78, 5) is 0.322. The van der Waals surface area contributed by atoms with Crippen molar-refractivity contribution in [3.63, 3.8) is 0 Å². The van der Waals surface area contributed by atoms with Crippen LogP contribution in [-0.4, -0.2) is 25.8 Å². The fraction of sp³-hybridized carbons (Fsp3) is 0.250. The first kappa shape index (κ1) is 14.3. The van der Waals surface area contributed by atoms with Crippen LogP contribution in [0.2, 0.25) is 0 Å². The number of nitrogens with two attached hydrogens (primary N) is 1. The Bertz CT molecular complexity index is 729. The van der Waals surface area contributed by atoms with E-state index in [9.17, 15) is 8.42 Å². The normalized spacial score (nSPS) is 19.2. The third kappa shape index (κ3) is 2.48. The van der Waals surface area contributed by atoms with Crippen molar-refractivity contribution in [1.29, 1.82) is 0 Å². The van der Waals surface area contributed by atoms with Crippen molar-refractivity contribution in [2.24, 2.45) is 5.73 Å². The van der Waals surface area contributed by atoms with Crippen LogP contribution in [0.15, 0.2) is 59.5 Å². The Labute approximate surface area is 125 Å². The van der Waals surface area contributed by atoms with E-state index < -0.39 is 10.0 Å². The summed E-state index contributed by atoms with van der Waals surface area (Å²) in [6.07, 6.45) is 0.721. The van der Waals surface area contributed by atoms with E-state index in [1.165, 1.54) is 9.87 Å². The van der Waals surface area contributed by atoms with Crippen molar-refractivity contribution in [2.45, 2.75) is 17.4 Å². The van der Waals surface area contributed by atoms with Crippen molar-refractivity contribution in [2.75, 3.05) is 13.1 Å². The zero-order valence-electron chi connectivity index (χ0n) is 11.6. The summed E-state index contributed by atoms with van der Waals surface area (Å²) in [6, 6.07) is 16.2. The molecule has 1 aliphatic heterocycles. The Balaban J connectivity index is 2.04. The predicted molar refractivity (Wildman–Crippen MR) is 82.3 cm³/mol. The average molecular weight is 302 g/mol. The number of nitrogens with zero attached hydrogens (tertiary/aromatic N) is 1. The van der Waals surface area contributed by atoms with Gasteiger partial charge < -0.3 is 5.73 Å². The minimum atomic E-state index is -3.51. The monoisotopic (exact) mass is 302 g/mol. The molecule has 3 rings (SSSR count). The third-order valence-corrected chi connectivity index (χ3v) is 5.86. The summed E-state index contributed by atoms with van der Waals surface area (Å²) in [6.45, 7) is 0.749. The second kappa shape index (κ2) is 5.60. The molecule has 1 atom stereocenters. The van der Waals surface area contributed by atoms with Crippen LogP contribution < -0.4 is 5.73 Å². The molecule has 4 nitrogen and oxygen atoms in total. The van der Waals surface area contributed by atoms with Gasteiger partial charge in [0.25, 0.3) is 0 Å². The second-order valence-electron chi connectivity index (χ2n) is 5.13. The van der Waals surface area contributed by atoms with Crippen molar-refractivity contribution in [3.05, 3.63) is 65.7 Å². The zero-order chi connectivity index (χ0) is 14.9. The molecule has 0 spiro atoms. The van der Waals surface area contributed by atoms with Gasteiger partial charge in [0.05, 0.1) is 10.9 Å². The molecule has 1 heterocycles. The summed E-state index contributed by atoms with van der Waals surface area (Å²) in [5.41, 5.74) is 8.08. The minimum absolute atomic E-state index is 0.281. The van der Waals surface area contributed by atoms with E-state index in [1.54, 1.807) is 24.3 Å². The number of hydrogen-bond acceptors (Lipinski definition) is 3. The van der Waals surface area contributed by atoms with E-state index in [2.05, 4.69) is 0 Å². The quantitative estimate of drug-likeness (QED) is 0.942. The van der Waals surface area contributed by atoms with Crippen LogP contribution in [0.4, 0.5) is 0 Å². The molecule has 0 saturated heterocycles. The molecular formula is C16H18N2O2S. The summed E-state index contributed by atoms with van der Waals surface area (Å²) in [5.74, 6) is 0. The number of sulfonamides is 1. The lowest BCUT2D eigenvalue weighted by molar-refractivity contribution is 0.313. The third-order valence-electron chi connectivity index (χ3n) is 3.94. The lowest BCUT2D eigenvalue weighted by Gasteiger charge is -2.35. The van der Waals surface area contributed by atoms with Crippen LogP contribution in [0, 0.1) is 0 Å². The lowest BCUT2D eigenvalue weighted by Crippen LogP contribution is -2.43. The maximum Gasteiger partial charge on any atom is 0.243 e. The van der Waals surface area contributed by atoms with Gasteiger partial charge in [-0.3, -0.25) is 0 Å². The molecule has 5 heteroatoms. The minimum Gasteiger partial charge on any atom is -0.329 e. The first-order chi connectivity index (χ1) is 10.1. The molecular weight excluding hydrogens is 284 g/mol. The highest BCUT2D eigenvalue weighted by atomic mass is 32.2. The largest absolute Gasteiger partial charge is 0.329 e. The van der Waals surface area contributed by atoms with E-state index in [1.807, 2.05) is 30.3 Å². The van der Waals surface area contributed by atoms with Crippen LogP contribution in [0.1, 0.15) is 17.2 Å². The Kier molecular flexibility index (Phi) is 3.80. The van der Waals surface area contributed by atoms with Crippen LogP contribution in [0.3, 0.4) is 0 Å². The van der Waals surface area contributed by atoms with Crippen molar-refractivity contribution < 1.29 is 8.42 Å². The summed E-state index contributed by atoms with van der Waals surface area (Å²) < 4.78 is 27.2. The molecule has 2 N–H and O–H groups in total. The molecule has 1 unspecified atom stereocenters. The highest BCUT2D eigenvalue weighted by molar-refractivity contribution is 7.89. The van der Waals surface area contributed by atoms with Gasteiger partial charge >= 0.3 is 0 Å². The fourth-order valence-electron chi connectivity index (χ4n) is 2.89. The average Bonchev–Trinajstić information content (AvgIpc) is 2.54. The van der Waals surface area contributed by atoms with Crippen molar-refractivity contribution in [3.8, 4) is 0 Å². The Hall–Kier alpha value is -1.69. The summed E-state index contributed by atoms with van der Waals surface area (Å²) in [5, 5.41) is 0. The maximum atomic E-state index is 12.8. The van der Waals surface area contributed by atoms with Gasteiger partial charge in [0, 0.05) is 13.1 Å². The van der Waals surface area contributed by atoms with Crippen LogP contribution in [-0.2, 0) is 16.4 Å². The van der Waals surface area contributed by atoms with Gasteiger partial charge in [-0.25, -0.2) is 8.42 Å². The molecule has 2 aromatic rings. The van der Waals surface area contributed by atoms with Gasteiger partial charge in [-0.05, 0) is 29.7 Å². The SMILES string of the molecule is NCC1c2ccccc2CCN1S(=O)(=O)c1ccccc1. The number of benzene rings is 2. The molecule has 1 aliphatic rings. The van der Waals surface area contributed by atoms with E-state index in [0.717, 1.165) is 12.0 Å². The topological polar surface area (TPSA) is 63.4 Å². The van der Waals surface area contributed by atoms with E-state index >= 15 is 0 Å². The Morgan fingerprint density at radius 1 is 1.05 bits per heavy atom. The molecule has 0 amide bonds. The van der Waals surface area contributed by atoms with Gasteiger partial charge in [0.15, 0.2) is 0 Å². The van der Waals surface area contributed by atoms with E-state index in [4.69, 9.17) is 5.73 Å². The molecule has 0 aliphatic carbocycles. The van der Waals surface area contributed by atoms with E-state index in [-0.39, 0.29) is 12.6 Å². The number of hydrogen-bond donors (Lipinski definition) is 1. The molecule has 21 heavy (non-hydrogen) atoms. The van der Waals surface area contributed by atoms with Crippen LogP contribution in [0.25, 0.3) is 0 Å². The molecule has 0 radical (unpaired) electrons. The lowest BCUT2D eigenvalue weighted by atomic mass is 9.94. The Morgan fingerprint density at radius 2 is 1.71 bits per heavy atom. The van der Waals surface area contributed by atoms with Gasteiger partial charge in [-0.15, -0.1) is 0 Å². The molecule has 2 aromatic carbocycles. The van der Waals surface area contributed by atoms with Gasteiger partial charge in [-0.2, -0.15) is 4.31 Å². The van der Waals surface area contributed by atoms with Crippen LogP contribution in [0.5, 0.6) is 0 Å². The fourth-order valence-corrected chi connectivity index (χ4v) is 4.53. The highest BCUT2D eigenvalue weighted by Gasteiger charge is 2.35. The maximum absolute atomic E-state index is 12.8. The van der Waals surface area contributed by atoms with Crippen molar-refractivity contribution in [1.82, 2.24) is 4.31 Å². The number of rotatable bonds is 3. The van der Waals surface area contributed by atoms with Gasteiger partial charge in [0.2, 0.25) is 10.0 Å². The number of fused-ring (bicyclic) bond motifs is 1. The standard InChI is InChI=1S/C16H18N2O2S/c17-12-16-15-9-5-4-6-13(15)10-11-18(16)21(19,20)14-7-2-1-3-8-14/h1-9,16H,10-12,17H2. The van der Waals surface area contributed by atoms with E-state index in [0.29, 0.717) is 11.4 Å². The van der Waals surface area contributed by atoms with Crippen molar-refractivity contribution >= 4 is 10.0 Å². The predicted octanol–water partition coefficient (Wildman–Crippen LogP) is 1.93. The molecule has 0 fully saturated rings. The molecule has 110 valence electrons. The summed E-state index contributed by atoms with van der Waals surface area (Å²) >= 11 is 0. The second-order valence-corrected chi connectivity index (χ2v) is 7.02. The van der Waals surface area contributed by atoms with Gasteiger partial charge in [0.1, 0.15) is 0 Å². The highest BCUT2D eigenvalue weighted by Crippen LogP contribution is 2.33. The molecule has 0 aromatic heterocycles. The molecule has 0 saturated carbocycles. The molecule has 0 bridgehead atoms. The summed E-state index contributed by atoms with van der Waals surface area (Å²) in [7, 11) is -3.51.